The van der Waals surface area contributed by atoms with E-state index in [2.05, 4.69) is 4.90 Å². The Hall–Kier alpha value is -2.16. The minimum atomic E-state index is -1.38. The number of halogens is 1. The minimum absolute atomic E-state index is 0.135. The van der Waals surface area contributed by atoms with Crippen LogP contribution in [0.15, 0.2) is 36.4 Å². The maximum Gasteiger partial charge on any atom is 0.451 e. The largest absolute Gasteiger partial charge is 0.480 e. The molecule has 1 aliphatic carbocycles. The van der Waals surface area contributed by atoms with E-state index >= 15 is 0 Å². The SMILES string of the molecule is CN(c1ccc(F)c2ccccc12)[C@H]1C[C@H]([C@@](N)(CCCCB(O)O)C(=O)O)C1. The first kappa shape index (κ1) is 21.6. The van der Waals surface area contributed by atoms with Gasteiger partial charge in [0.05, 0.1) is 0 Å². The van der Waals surface area contributed by atoms with Crippen molar-refractivity contribution in [2.24, 2.45) is 11.7 Å². The van der Waals surface area contributed by atoms with E-state index in [1.807, 2.05) is 19.2 Å². The molecule has 0 bridgehead atoms. The fourth-order valence-electron chi connectivity index (χ4n) is 4.31. The minimum Gasteiger partial charge on any atom is -0.480 e. The number of hydrogen-bond acceptors (Lipinski definition) is 5. The maximum atomic E-state index is 14.1. The van der Waals surface area contributed by atoms with Gasteiger partial charge in [0.15, 0.2) is 0 Å². The van der Waals surface area contributed by atoms with Crippen molar-refractivity contribution < 1.29 is 24.3 Å². The number of carboxylic acid groups (broad SMARTS) is 1. The van der Waals surface area contributed by atoms with Gasteiger partial charge in [-0.25, -0.2) is 4.39 Å². The monoisotopic (exact) mass is 402 g/mol. The normalized spacial score (nSPS) is 20.7. The van der Waals surface area contributed by atoms with Crippen LogP contribution in [-0.2, 0) is 4.79 Å². The van der Waals surface area contributed by atoms with Gasteiger partial charge in [-0.3, -0.25) is 4.79 Å². The average molecular weight is 402 g/mol. The van der Waals surface area contributed by atoms with Crippen LogP contribution < -0.4 is 10.6 Å². The smallest absolute Gasteiger partial charge is 0.451 e. The first-order valence-electron chi connectivity index (χ1n) is 10.0. The molecule has 0 aromatic heterocycles. The number of carboxylic acids is 1. The highest BCUT2D eigenvalue weighted by Gasteiger charge is 2.49. The van der Waals surface area contributed by atoms with Crippen LogP contribution in [0.4, 0.5) is 10.1 Å². The molecule has 2 aromatic rings. The Morgan fingerprint density at radius 1 is 1.21 bits per heavy atom. The molecule has 1 atom stereocenters. The van der Waals surface area contributed by atoms with Crippen molar-refractivity contribution in [3.05, 3.63) is 42.2 Å². The van der Waals surface area contributed by atoms with Gasteiger partial charge in [0.1, 0.15) is 11.4 Å². The second kappa shape index (κ2) is 8.69. The van der Waals surface area contributed by atoms with Gasteiger partial charge >= 0.3 is 13.1 Å². The van der Waals surface area contributed by atoms with Crippen molar-refractivity contribution >= 4 is 29.5 Å². The summed E-state index contributed by atoms with van der Waals surface area (Å²) in [4.78, 5) is 13.9. The first-order chi connectivity index (χ1) is 13.7. The van der Waals surface area contributed by atoms with E-state index < -0.39 is 18.6 Å². The Morgan fingerprint density at radius 3 is 2.48 bits per heavy atom. The molecule has 156 valence electrons. The Kier molecular flexibility index (Phi) is 6.46. The molecule has 0 radical (unpaired) electrons. The lowest BCUT2D eigenvalue weighted by Crippen LogP contribution is -2.61. The summed E-state index contributed by atoms with van der Waals surface area (Å²) in [5, 5.41) is 29.0. The Labute approximate surface area is 170 Å². The Balaban J connectivity index is 1.67. The number of unbranched alkanes of at least 4 members (excludes halogenated alkanes) is 1. The van der Waals surface area contributed by atoms with Crippen molar-refractivity contribution in [2.45, 2.75) is 50.0 Å². The molecule has 0 saturated heterocycles. The zero-order valence-corrected chi connectivity index (χ0v) is 16.6. The summed E-state index contributed by atoms with van der Waals surface area (Å²) in [7, 11) is 0.571. The molecule has 0 heterocycles. The van der Waals surface area contributed by atoms with Gasteiger partial charge in [0.25, 0.3) is 0 Å². The van der Waals surface area contributed by atoms with E-state index in [0.717, 1.165) is 11.1 Å². The summed E-state index contributed by atoms with van der Waals surface area (Å²) >= 11 is 0. The van der Waals surface area contributed by atoms with Crippen LogP contribution in [0, 0.1) is 11.7 Å². The fraction of sp³-hybridized carbons (Fsp3) is 0.476. The molecule has 1 aliphatic rings. The van der Waals surface area contributed by atoms with E-state index in [0.29, 0.717) is 37.5 Å². The van der Waals surface area contributed by atoms with Crippen LogP contribution in [0.5, 0.6) is 0 Å². The van der Waals surface area contributed by atoms with Crippen molar-refractivity contribution in [2.75, 3.05) is 11.9 Å². The van der Waals surface area contributed by atoms with Gasteiger partial charge < -0.3 is 25.8 Å². The lowest BCUT2D eigenvalue weighted by molar-refractivity contribution is -0.147. The number of rotatable bonds is 9. The van der Waals surface area contributed by atoms with E-state index in [4.69, 9.17) is 15.8 Å². The van der Waals surface area contributed by atoms with Gasteiger partial charge in [0.2, 0.25) is 0 Å². The third-order valence-electron chi connectivity index (χ3n) is 6.32. The van der Waals surface area contributed by atoms with Crippen LogP contribution in [0.1, 0.15) is 32.1 Å². The highest BCUT2D eigenvalue weighted by atomic mass is 19.1. The number of carbonyl (C=O) groups is 1. The highest BCUT2D eigenvalue weighted by Crippen LogP contribution is 2.43. The number of benzene rings is 2. The van der Waals surface area contributed by atoms with E-state index in [-0.39, 0.29) is 24.1 Å². The number of anilines is 1. The number of nitrogens with two attached hydrogens (primary N) is 1. The van der Waals surface area contributed by atoms with Gasteiger partial charge in [0, 0.05) is 29.5 Å². The fourth-order valence-corrected chi connectivity index (χ4v) is 4.31. The Bertz CT molecular complexity index is 875. The zero-order valence-electron chi connectivity index (χ0n) is 16.6. The number of fused-ring (bicyclic) bond motifs is 1. The summed E-state index contributed by atoms with van der Waals surface area (Å²) in [5.41, 5.74) is 5.88. The molecule has 0 aliphatic heterocycles. The molecular weight excluding hydrogens is 374 g/mol. The standard InChI is InChI=1S/C21H28BFN2O4/c1-25(19-9-8-18(23)16-6-2-3-7-17(16)19)15-12-14(13-15)21(24,20(26)27)10-4-5-11-22(28)29/h2-3,6-9,14-15,28-29H,4-5,10-13,24H2,1H3,(H,26,27)/t14-,15-,21-/m0/s1. The molecule has 2 aromatic carbocycles. The second-order valence-electron chi connectivity index (χ2n) is 8.12. The van der Waals surface area contributed by atoms with Gasteiger partial charge in [-0.15, -0.1) is 0 Å². The molecule has 5 N–H and O–H groups in total. The topological polar surface area (TPSA) is 107 Å². The molecule has 1 fully saturated rings. The van der Waals surface area contributed by atoms with E-state index in [1.54, 1.807) is 18.2 Å². The molecule has 0 spiro atoms. The lowest BCUT2D eigenvalue weighted by atomic mass is 9.65. The number of nitrogens with zero attached hydrogens (tertiary/aromatic N) is 1. The van der Waals surface area contributed by atoms with Crippen LogP contribution in [-0.4, -0.2) is 46.9 Å². The zero-order chi connectivity index (χ0) is 21.2. The quantitative estimate of drug-likeness (QED) is 0.380. The summed E-state index contributed by atoms with van der Waals surface area (Å²) in [6.07, 6.45) is 2.85. The Morgan fingerprint density at radius 2 is 1.86 bits per heavy atom. The number of hydrogen-bond donors (Lipinski definition) is 4. The van der Waals surface area contributed by atoms with Crippen molar-refractivity contribution in [1.29, 1.82) is 0 Å². The third kappa shape index (κ3) is 4.39. The van der Waals surface area contributed by atoms with Crippen LogP contribution in [0.2, 0.25) is 6.32 Å². The van der Waals surface area contributed by atoms with E-state index in [1.165, 1.54) is 6.07 Å². The van der Waals surface area contributed by atoms with Crippen LogP contribution in [0.25, 0.3) is 10.8 Å². The molecule has 1 saturated carbocycles. The summed E-state index contributed by atoms with van der Waals surface area (Å²) in [6, 6.07) is 10.7. The first-order valence-corrected chi connectivity index (χ1v) is 10.0. The van der Waals surface area contributed by atoms with Gasteiger partial charge in [-0.1, -0.05) is 37.1 Å². The highest BCUT2D eigenvalue weighted by molar-refractivity contribution is 6.40. The van der Waals surface area contributed by atoms with Crippen LogP contribution in [0.3, 0.4) is 0 Å². The summed E-state index contributed by atoms with van der Waals surface area (Å²) < 4.78 is 14.1. The van der Waals surface area contributed by atoms with Crippen LogP contribution >= 0.6 is 0 Å². The van der Waals surface area contributed by atoms with Gasteiger partial charge in [-0.05, 0) is 43.6 Å². The molecule has 8 heteroatoms. The summed E-state index contributed by atoms with van der Waals surface area (Å²) in [5.74, 6) is -1.43. The lowest BCUT2D eigenvalue weighted by Gasteiger charge is -2.48. The predicted octanol–water partition coefficient (Wildman–Crippen LogP) is 2.62. The third-order valence-corrected chi connectivity index (χ3v) is 6.32. The average Bonchev–Trinajstić information content (AvgIpc) is 2.64. The van der Waals surface area contributed by atoms with Crippen molar-refractivity contribution in [3.63, 3.8) is 0 Å². The molecular formula is C21H28BFN2O4. The second-order valence-corrected chi connectivity index (χ2v) is 8.12. The van der Waals surface area contributed by atoms with Crippen molar-refractivity contribution in [3.8, 4) is 0 Å². The maximum absolute atomic E-state index is 14.1. The predicted molar refractivity (Wildman–Crippen MR) is 112 cm³/mol. The van der Waals surface area contributed by atoms with E-state index in [9.17, 15) is 14.3 Å². The van der Waals surface area contributed by atoms with Crippen molar-refractivity contribution in [1.82, 2.24) is 0 Å². The molecule has 6 nitrogen and oxygen atoms in total. The summed E-state index contributed by atoms with van der Waals surface area (Å²) in [6.45, 7) is 0. The molecule has 0 amide bonds. The number of aliphatic carboxylic acids is 1. The molecule has 0 unspecified atom stereocenters. The van der Waals surface area contributed by atoms with Gasteiger partial charge in [-0.2, -0.15) is 0 Å². The molecule has 3 rings (SSSR count). The molecule has 29 heavy (non-hydrogen) atoms.